The van der Waals surface area contributed by atoms with Crippen molar-refractivity contribution < 1.29 is 4.42 Å². The molecule has 2 aliphatic carbocycles. The van der Waals surface area contributed by atoms with Crippen LogP contribution in [-0.2, 0) is 5.41 Å². The van der Waals surface area contributed by atoms with E-state index in [-0.39, 0.29) is 0 Å². The lowest BCUT2D eigenvalue weighted by Gasteiger charge is -2.37. The average molecular weight is 805 g/mol. The number of hydrogen-bond donors (Lipinski definition) is 0. The van der Waals surface area contributed by atoms with Gasteiger partial charge in [-0.2, -0.15) is 5.26 Å². The number of nitrogens with zero attached hydrogens (tertiary/aromatic N) is 2. The summed E-state index contributed by atoms with van der Waals surface area (Å²) in [6, 6.07) is 74.1. The van der Waals surface area contributed by atoms with Crippen LogP contribution in [0.1, 0.15) is 35.1 Å². The normalized spacial score (nSPS) is 15.3. The van der Waals surface area contributed by atoms with Crippen molar-refractivity contribution in [1.82, 2.24) is 0 Å². The number of nitriles is 1. The van der Waals surface area contributed by atoms with Gasteiger partial charge < -0.3 is 9.32 Å². The lowest BCUT2D eigenvalue weighted by atomic mass is 9.65. The molecule has 2 aliphatic rings. The van der Waals surface area contributed by atoms with Gasteiger partial charge in [-0.1, -0.05) is 163 Å². The van der Waals surface area contributed by atoms with Crippen molar-refractivity contribution in [3.8, 4) is 39.4 Å². The highest BCUT2D eigenvalue weighted by atomic mass is 16.3. The largest absolute Gasteiger partial charge is 0.455 e. The van der Waals surface area contributed by atoms with Crippen molar-refractivity contribution in [3.05, 3.63) is 246 Å². The highest BCUT2D eigenvalue weighted by Gasteiger charge is 2.47. The standard InChI is InChI=1S/C60H40N2O/c61-39-40-23-31-46(32-24-40)62(48-35-36-51-50-18-9-11-21-56(50)60(57(51)37-48,44-13-3-1-4-14-44)45-15-5-2-6-16-45)47-33-29-42(30-34-47)41-25-27-43(28-26-41)54-38-55-52-19-10-12-22-58(52)63-59(55)53-20-8-7-17-49(53)54/h1-5,7-15,17-38H,6,16H2. The van der Waals surface area contributed by atoms with Crippen LogP contribution in [0.4, 0.5) is 17.1 Å². The van der Waals surface area contributed by atoms with Gasteiger partial charge in [0.05, 0.1) is 17.0 Å². The van der Waals surface area contributed by atoms with Crippen LogP contribution in [0.5, 0.6) is 0 Å². The van der Waals surface area contributed by atoms with Crippen molar-refractivity contribution in [3.63, 3.8) is 0 Å². The van der Waals surface area contributed by atoms with Crippen LogP contribution in [0.25, 0.3) is 66.1 Å². The number of allylic oxidation sites excluding steroid dienone is 4. The minimum Gasteiger partial charge on any atom is -0.455 e. The van der Waals surface area contributed by atoms with Crippen LogP contribution in [0.15, 0.2) is 228 Å². The van der Waals surface area contributed by atoms with Crippen LogP contribution in [0.3, 0.4) is 0 Å². The maximum absolute atomic E-state index is 9.74. The molecule has 10 aromatic rings. The van der Waals surface area contributed by atoms with Gasteiger partial charge in [-0.15, -0.1) is 0 Å². The fourth-order valence-corrected chi connectivity index (χ4v) is 10.4. The molecule has 0 N–H and O–H groups in total. The van der Waals surface area contributed by atoms with Crippen molar-refractivity contribution >= 4 is 49.8 Å². The fourth-order valence-electron chi connectivity index (χ4n) is 10.4. The van der Waals surface area contributed by atoms with E-state index in [4.69, 9.17) is 4.42 Å². The van der Waals surface area contributed by atoms with E-state index in [9.17, 15) is 5.26 Å². The van der Waals surface area contributed by atoms with Gasteiger partial charge in [-0.3, -0.25) is 0 Å². The van der Waals surface area contributed by atoms with Crippen molar-refractivity contribution in [2.45, 2.75) is 18.3 Å². The molecule has 1 unspecified atom stereocenters. The van der Waals surface area contributed by atoms with Crippen LogP contribution < -0.4 is 4.90 Å². The molecular formula is C60H40N2O. The molecule has 0 spiro atoms. The first kappa shape index (κ1) is 36.6. The van der Waals surface area contributed by atoms with E-state index in [1.165, 1.54) is 44.3 Å². The monoisotopic (exact) mass is 804 g/mol. The van der Waals surface area contributed by atoms with E-state index in [1.807, 2.05) is 24.3 Å². The Morgan fingerprint density at radius 3 is 1.86 bits per heavy atom. The van der Waals surface area contributed by atoms with Crippen LogP contribution >= 0.6 is 0 Å². The van der Waals surface area contributed by atoms with Gasteiger partial charge >= 0.3 is 0 Å². The minimum absolute atomic E-state index is 0.440. The number of anilines is 3. The lowest BCUT2D eigenvalue weighted by Crippen LogP contribution is -2.30. The number of benzene rings is 9. The summed E-state index contributed by atoms with van der Waals surface area (Å²) in [7, 11) is 0. The van der Waals surface area contributed by atoms with Crippen LogP contribution in [0, 0.1) is 11.3 Å². The third-order valence-corrected chi connectivity index (χ3v) is 13.3. The van der Waals surface area contributed by atoms with Crippen molar-refractivity contribution in [1.29, 1.82) is 5.26 Å². The van der Waals surface area contributed by atoms with Crippen molar-refractivity contribution in [2.75, 3.05) is 4.90 Å². The molecular weight excluding hydrogens is 765 g/mol. The Bertz CT molecular complexity index is 3500. The first-order chi connectivity index (χ1) is 31.2. The SMILES string of the molecule is N#Cc1ccc(N(c2ccc(-c3ccc(-c4cc5c6ccccc6oc5c5ccccc45)cc3)cc2)c2ccc3c(c2)C(C2=CC=CCC2)(c2ccccc2)c2ccccc2-3)cc1. The summed E-state index contributed by atoms with van der Waals surface area (Å²) in [5.41, 5.74) is 17.6. The molecule has 0 fully saturated rings. The molecule has 9 aromatic carbocycles. The summed E-state index contributed by atoms with van der Waals surface area (Å²) in [5.74, 6) is 0. The Morgan fingerprint density at radius 2 is 1.11 bits per heavy atom. The first-order valence-electron chi connectivity index (χ1n) is 21.7. The molecule has 1 aromatic heterocycles. The maximum atomic E-state index is 9.74. The average Bonchev–Trinajstić information content (AvgIpc) is 3.89. The van der Waals surface area contributed by atoms with Crippen molar-refractivity contribution in [2.24, 2.45) is 0 Å². The van der Waals surface area contributed by atoms with E-state index in [0.717, 1.165) is 73.9 Å². The first-order valence-corrected chi connectivity index (χ1v) is 21.7. The highest BCUT2D eigenvalue weighted by molar-refractivity contribution is 6.19. The summed E-state index contributed by atoms with van der Waals surface area (Å²) >= 11 is 0. The molecule has 1 atom stereocenters. The molecule has 12 rings (SSSR count). The number of rotatable bonds is 7. The summed E-state index contributed by atoms with van der Waals surface area (Å²) in [5, 5.41) is 14.3. The molecule has 63 heavy (non-hydrogen) atoms. The smallest absolute Gasteiger partial charge is 0.143 e. The van der Waals surface area contributed by atoms with Gasteiger partial charge in [0.25, 0.3) is 0 Å². The van der Waals surface area contributed by atoms with E-state index in [1.54, 1.807) is 0 Å². The summed E-state index contributed by atoms with van der Waals surface area (Å²) in [4.78, 5) is 2.32. The molecule has 296 valence electrons. The van der Waals surface area contributed by atoms with E-state index < -0.39 is 5.41 Å². The lowest BCUT2D eigenvalue weighted by molar-refractivity contribution is 0.672. The Labute approximate surface area is 366 Å². The van der Waals surface area contributed by atoms with E-state index >= 15 is 0 Å². The Hall–Kier alpha value is -8.19. The summed E-state index contributed by atoms with van der Waals surface area (Å²) < 4.78 is 6.39. The highest BCUT2D eigenvalue weighted by Crippen LogP contribution is 2.58. The second-order valence-electron chi connectivity index (χ2n) is 16.6. The minimum atomic E-state index is -0.440. The second-order valence-corrected chi connectivity index (χ2v) is 16.6. The van der Waals surface area contributed by atoms with Gasteiger partial charge in [0.2, 0.25) is 0 Å². The van der Waals surface area contributed by atoms with Crippen LogP contribution in [0.2, 0.25) is 0 Å². The third kappa shape index (κ3) is 5.80. The second kappa shape index (κ2) is 14.8. The maximum Gasteiger partial charge on any atom is 0.143 e. The zero-order chi connectivity index (χ0) is 41.9. The molecule has 0 radical (unpaired) electrons. The zero-order valence-corrected chi connectivity index (χ0v) is 34.5. The molecule has 3 nitrogen and oxygen atoms in total. The summed E-state index contributed by atoms with van der Waals surface area (Å²) in [6.45, 7) is 0. The number of para-hydroxylation sites is 1. The van der Waals surface area contributed by atoms with E-state index in [0.29, 0.717) is 5.56 Å². The van der Waals surface area contributed by atoms with E-state index in [2.05, 4.69) is 205 Å². The van der Waals surface area contributed by atoms with Gasteiger partial charge in [0, 0.05) is 33.2 Å². The number of furan rings is 1. The molecule has 0 aliphatic heterocycles. The van der Waals surface area contributed by atoms with Gasteiger partial charge in [-0.05, 0) is 129 Å². The molecule has 0 amide bonds. The Balaban J connectivity index is 0.955. The fraction of sp³-hybridized carbons (Fsp3) is 0.0500. The van der Waals surface area contributed by atoms with Gasteiger partial charge in [-0.25, -0.2) is 0 Å². The predicted molar refractivity (Wildman–Crippen MR) is 260 cm³/mol. The molecule has 0 saturated carbocycles. The number of hydrogen-bond acceptors (Lipinski definition) is 3. The molecule has 3 heteroatoms. The van der Waals surface area contributed by atoms with Crippen LogP contribution in [-0.4, -0.2) is 0 Å². The Morgan fingerprint density at radius 1 is 0.492 bits per heavy atom. The third-order valence-electron chi connectivity index (χ3n) is 13.3. The summed E-state index contributed by atoms with van der Waals surface area (Å²) in [6.07, 6.45) is 8.85. The topological polar surface area (TPSA) is 40.2 Å². The van der Waals surface area contributed by atoms with Gasteiger partial charge in [0.1, 0.15) is 11.2 Å². The molecule has 0 saturated heterocycles. The number of fused-ring (bicyclic) bond motifs is 8. The Kier molecular flexibility index (Phi) is 8.59. The molecule has 1 heterocycles. The van der Waals surface area contributed by atoms with Gasteiger partial charge in [0.15, 0.2) is 0 Å². The molecule has 0 bridgehead atoms. The zero-order valence-electron chi connectivity index (χ0n) is 34.5. The quantitative estimate of drug-likeness (QED) is 0.161. The predicted octanol–water partition coefficient (Wildman–Crippen LogP) is 16.0.